The minimum atomic E-state index is -0.778. The number of amides is 1. The lowest BCUT2D eigenvalue weighted by molar-refractivity contribution is -0.153. The standard InChI is InChI=1S/C22H34N2O7/c1-14(25)16(3)30-21(28)9-11-24(12-10-22(29)31-17(4)15(2)26)20-8-6-7-19(13-20)23-18(5)27/h6-8,13-17,25-26H,9-12H2,1-5H3,(H,23,27). The van der Waals surface area contributed by atoms with E-state index in [0.717, 1.165) is 0 Å². The Morgan fingerprint density at radius 2 is 1.42 bits per heavy atom. The van der Waals surface area contributed by atoms with Crippen molar-refractivity contribution in [1.29, 1.82) is 0 Å². The van der Waals surface area contributed by atoms with E-state index in [2.05, 4.69) is 5.32 Å². The first-order valence-corrected chi connectivity index (χ1v) is 10.4. The summed E-state index contributed by atoms with van der Waals surface area (Å²) in [6.45, 7) is 8.22. The number of hydrogen-bond acceptors (Lipinski definition) is 8. The van der Waals surface area contributed by atoms with Gasteiger partial charge in [-0.1, -0.05) is 6.07 Å². The zero-order chi connectivity index (χ0) is 23.6. The molecule has 0 bridgehead atoms. The molecule has 0 heterocycles. The van der Waals surface area contributed by atoms with E-state index in [4.69, 9.17) is 9.47 Å². The van der Waals surface area contributed by atoms with Crippen LogP contribution in [0.5, 0.6) is 0 Å². The molecule has 9 nitrogen and oxygen atoms in total. The third-order valence-electron chi connectivity index (χ3n) is 4.70. The summed E-state index contributed by atoms with van der Waals surface area (Å²) >= 11 is 0. The van der Waals surface area contributed by atoms with Crippen LogP contribution in [0, 0.1) is 0 Å². The normalized spacial score (nSPS) is 14.7. The van der Waals surface area contributed by atoms with Crippen molar-refractivity contribution in [3.05, 3.63) is 24.3 Å². The first kappa shape index (κ1) is 26.4. The molecule has 4 unspecified atom stereocenters. The summed E-state index contributed by atoms with van der Waals surface area (Å²) in [5.74, 6) is -1.15. The van der Waals surface area contributed by atoms with E-state index < -0.39 is 36.4 Å². The fourth-order valence-electron chi connectivity index (χ4n) is 2.54. The molecule has 1 aromatic rings. The van der Waals surface area contributed by atoms with Gasteiger partial charge in [-0.3, -0.25) is 14.4 Å². The van der Waals surface area contributed by atoms with Gasteiger partial charge in [-0.05, 0) is 45.9 Å². The number of ether oxygens (including phenoxy) is 2. The van der Waals surface area contributed by atoms with Crippen molar-refractivity contribution in [3.63, 3.8) is 0 Å². The van der Waals surface area contributed by atoms with Crippen LogP contribution in [0.3, 0.4) is 0 Å². The van der Waals surface area contributed by atoms with Crippen molar-refractivity contribution in [2.24, 2.45) is 0 Å². The number of rotatable bonds is 12. The molecule has 0 fully saturated rings. The highest BCUT2D eigenvalue weighted by molar-refractivity contribution is 5.89. The van der Waals surface area contributed by atoms with E-state index in [-0.39, 0.29) is 31.8 Å². The van der Waals surface area contributed by atoms with Gasteiger partial charge in [-0.2, -0.15) is 0 Å². The van der Waals surface area contributed by atoms with Crippen LogP contribution in [0.1, 0.15) is 47.5 Å². The summed E-state index contributed by atoms with van der Waals surface area (Å²) in [6.07, 6.45) is -2.72. The maximum absolute atomic E-state index is 12.1. The number of nitrogens with one attached hydrogen (secondary N) is 1. The lowest BCUT2D eigenvalue weighted by atomic mass is 10.2. The second kappa shape index (κ2) is 12.9. The van der Waals surface area contributed by atoms with Crippen molar-refractivity contribution in [3.8, 4) is 0 Å². The molecular formula is C22H34N2O7. The van der Waals surface area contributed by atoms with Gasteiger partial charge in [0.15, 0.2) is 0 Å². The summed E-state index contributed by atoms with van der Waals surface area (Å²) in [4.78, 5) is 37.4. The SMILES string of the molecule is CC(=O)Nc1cccc(N(CCC(=O)OC(C)C(C)O)CCC(=O)OC(C)C(C)O)c1. The average molecular weight is 439 g/mol. The predicted octanol–water partition coefficient (Wildman–Crippen LogP) is 1.86. The molecule has 9 heteroatoms. The van der Waals surface area contributed by atoms with Crippen LogP contribution in [0.2, 0.25) is 0 Å². The van der Waals surface area contributed by atoms with Crippen molar-refractivity contribution >= 4 is 29.2 Å². The number of carbonyl (C=O) groups is 3. The van der Waals surface area contributed by atoms with Gasteiger partial charge in [0.25, 0.3) is 0 Å². The minimum Gasteiger partial charge on any atom is -0.460 e. The highest BCUT2D eigenvalue weighted by Crippen LogP contribution is 2.21. The van der Waals surface area contributed by atoms with E-state index in [1.807, 2.05) is 4.90 Å². The van der Waals surface area contributed by atoms with Gasteiger partial charge in [0.2, 0.25) is 5.91 Å². The van der Waals surface area contributed by atoms with Crippen molar-refractivity contribution in [2.45, 2.75) is 71.9 Å². The van der Waals surface area contributed by atoms with E-state index in [1.54, 1.807) is 38.1 Å². The van der Waals surface area contributed by atoms with Gasteiger partial charge in [-0.25, -0.2) is 0 Å². The largest absolute Gasteiger partial charge is 0.460 e. The number of benzene rings is 1. The number of esters is 2. The Bertz CT molecular complexity index is 704. The molecule has 1 aromatic carbocycles. The molecule has 0 aliphatic rings. The third-order valence-corrected chi connectivity index (χ3v) is 4.70. The average Bonchev–Trinajstić information content (AvgIpc) is 2.67. The van der Waals surface area contributed by atoms with E-state index >= 15 is 0 Å². The Kier molecular flexibility index (Phi) is 11.0. The smallest absolute Gasteiger partial charge is 0.307 e. The molecule has 0 saturated carbocycles. The second-order valence-electron chi connectivity index (χ2n) is 7.59. The summed E-state index contributed by atoms with van der Waals surface area (Å²) in [5.41, 5.74) is 1.30. The zero-order valence-corrected chi connectivity index (χ0v) is 18.8. The molecule has 4 atom stereocenters. The molecule has 1 amide bonds. The number of carbonyl (C=O) groups excluding carboxylic acids is 3. The summed E-state index contributed by atoms with van der Waals surface area (Å²) in [7, 11) is 0. The van der Waals surface area contributed by atoms with Crippen LogP contribution >= 0.6 is 0 Å². The maximum Gasteiger partial charge on any atom is 0.307 e. The molecule has 0 radical (unpaired) electrons. The fraction of sp³-hybridized carbons (Fsp3) is 0.591. The van der Waals surface area contributed by atoms with Crippen LogP contribution in [0.25, 0.3) is 0 Å². The van der Waals surface area contributed by atoms with Crippen LogP contribution < -0.4 is 10.2 Å². The van der Waals surface area contributed by atoms with Crippen LogP contribution in [-0.2, 0) is 23.9 Å². The first-order valence-electron chi connectivity index (χ1n) is 10.4. The Morgan fingerprint density at radius 1 is 0.935 bits per heavy atom. The molecule has 31 heavy (non-hydrogen) atoms. The molecule has 3 N–H and O–H groups in total. The lowest BCUT2D eigenvalue weighted by Gasteiger charge is -2.26. The van der Waals surface area contributed by atoms with Crippen molar-refractivity contribution in [2.75, 3.05) is 23.3 Å². The fourth-order valence-corrected chi connectivity index (χ4v) is 2.54. The lowest BCUT2D eigenvalue weighted by Crippen LogP contribution is -2.32. The second-order valence-corrected chi connectivity index (χ2v) is 7.59. The predicted molar refractivity (Wildman–Crippen MR) is 117 cm³/mol. The topological polar surface area (TPSA) is 125 Å². The van der Waals surface area contributed by atoms with Gasteiger partial charge in [0, 0.05) is 31.4 Å². The maximum atomic E-state index is 12.1. The first-order chi connectivity index (χ1) is 14.5. The van der Waals surface area contributed by atoms with E-state index in [0.29, 0.717) is 11.4 Å². The van der Waals surface area contributed by atoms with E-state index in [9.17, 15) is 24.6 Å². The Balaban J connectivity index is 2.85. The number of aliphatic hydroxyl groups excluding tert-OH is 2. The molecule has 0 aliphatic heterocycles. The summed E-state index contributed by atoms with van der Waals surface area (Å²) in [5, 5.41) is 21.7. The van der Waals surface area contributed by atoms with Crippen LogP contribution in [0.4, 0.5) is 11.4 Å². The number of nitrogens with zero attached hydrogens (tertiary/aromatic N) is 1. The van der Waals surface area contributed by atoms with Gasteiger partial charge >= 0.3 is 11.9 Å². The van der Waals surface area contributed by atoms with Crippen LogP contribution in [-0.4, -0.2) is 65.6 Å². The van der Waals surface area contributed by atoms with E-state index in [1.165, 1.54) is 20.8 Å². The summed E-state index contributed by atoms with van der Waals surface area (Å²) < 4.78 is 10.4. The molecule has 174 valence electrons. The molecule has 0 spiro atoms. The number of aliphatic hydroxyl groups is 2. The Hall–Kier alpha value is -2.65. The van der Waals surface area contributed by atoms with Gasteiger partial charge < -0.3 is 29.9 Å². The summed E-state index contributed by atoms with van der Waals surface area (Å²) in [6, 6.07) is 7.04. The molecule has 0 aromatic heterocycles. The monoisotopic (exact) mass is 438 g/mol. The number of hydrogen-bond donors (Lipinski definition) is 3. The molecule has 0 saturated heterocycles. The zero-order valence-electron chi connectivity index (χ0n) is 18.8. The Morgan fingerprint density at radius 3 is 1.84 bits per heavy atom. The van der Waals surface area contributed by atoms with Gasteiger partial charge in [0.05, 0.1) is 25.0 Å². The highest BCUT2D eigenvalue weighted by Gasteiger charge is 2.19. The third kappa shape index (κ3) is 10.3. The molecule has 1 rings (SSSR count). The van der Waals surface area contributed by atoms with Crippen molar-refractivity contribution < 1.29 is 34.1 Å². The van der Waals surface area contributed by atoms with Crippen LogP contribution in [0.15, 0.2) is 24.3 Å². The Labute approximate surface area is 183 Å². The van der Waals surface area contributed by atoms with Crippen molar-refractivity contribution in [1.82, 2.24) is 0 Å². The molecular weight excluding hydrogens is 404 g/mol. The molecule has 0 aliphatic carbocycles. The van der Waals surface area contributed by atoms with Gasteiger partial charge in [-0.15, -0.1) is 0 Å². The number of anilines is 2. The van der Waals surface area contributed by atoms with Gasteiger partial charge in [0.1, 0.15) is 12.2 Å². The quantitative estimate of drug-likeness (QED) is 0.422. The highest BCUT2D eigenvalue weighted by atomic mass is 16.6. The minimum absolute atomic E-state index is 0.0422.